The van der Waals surface area contributed by atoms with Crippen LogP contribution >= 0.6 is 0 Å². The van der Waals surface area contributed by atoms with E-state index in [1.807, 2.05) is 6.08 Å². The Kier molecular flexibility index (Phi) is 6.48. The summed E-state index contributed by atoms with van der Waals surface area (Å²) < 4.78 is 0. The molecule has 0 aliphatic heterocycles. The van der Waals surface area contributed by atoms with Gasteiger partial charge < -0.3 is 10.6 Å². The van der Waals surface area contributed by atoms with Gasteiger partial charge in [0.25, 0.3) is 0 Å². The molecule has 0 saturated heterocycles. The Morgan fingerprint density at radius 1 is 1.55 bits per heavy atom. The van der Waals surface area contributed by atoms with E-state index in [1.165, 1.54) is 0 Å². The quantitative estimate of drug-likeness (QED) is 0.457. The Balaban J connectivity index is 3.01. The van der Waals surface area contributed by atoms with Crippen molar-refractivity contribution in [1.29, 1.82) is 0 Å². The van der Waals surface area contributed by atoms with Crippen molar-refractivity contribution >= 4 is 6.03 Å². The van der Waals surface area contributed by atoms with Gasteiger partial charge in [-0.1, -0.05) is 6.08 Å². The Hall–Kier alpha value is -0.990. The first kappa shape index (κ1) is 10.0. The fraction of sp³-hybridized carbons (Fsp3) is 0.625. The molecule has 0 aliphatic carbocycles. The molecule has 3 nitrogen and oxygen atoms in total. The molecule has 0 fully saturated rings. The van der Waals surface area contributed by atoms with E-state index in [9.17, 15) is 4.79 Å². The van der Waals surface area contributed by atoms with Gasteiger partial charge in [0.15, 0.2) is 0 Å². The zero-order valence-electron chi connectivity index (χ0n) is 7.02. The maximum atomic E-state index is 10.6. The first-order valence-electron chi connectivity index (χ1n) is 3.87. The molecule has 0 saturated carbocycles. The average molecular weight is 156 g/mol. The second kappa shape index (κ2) is 7.12. The normalized spacial score (nSPS) is 8.82. The number of carbonyl (C=O) groups is 1. The molecular formula is C8H16N2O. The molecule has 2 amide bonds. The van der Waals surface area contributed by atoms with Gasteiger partial charge in [0.1, 0.15) is 0 Å². The smallest absolute Gasteiger partial charge is 0.314 e. The van der Waals surface area contributed by atoms with E-state index in [-0.39, 0.29) is 6.03 Å². The zero-order valence-corrected chi connectivity index (χ0v) is 7.02. The molecule has 3 heteroatoms. The molecule has 0 aromatic heterocycles. The monoisotopic (exact) mass is 156 g/mol. The van der Waals surface area contributed by atoms with E-state index in [0.29, 0.717) is 0 Å². The van der Waals surface area contributed by atoms with Crippen molar-refractivity contribution < 1.29 is 4.79 Å². The van der Waals surface area contributed by atoms with Crippen LogP contribution in [0.25, 0.3) is 0 Å². The van der Waals surface area contributed by atoms with Crippen molar-refractivity contribution in [2.45, 2.75) is 19.3 Å². The van der Waals surface area contributed by atoms with E-state index >= 15 is 0 Å². The number of hydrogen-bond donors (Lipinski definition) is 2. The van der Waals surface area contributed by atoms with Gasteiger partial charge in [-0.15, -0.1) is 6.58 Å². The second-order valence-corrected chi connectivity index (χ2v) is 2.29. The molecule has 0 bridgehead atoms. The topological polar surface area (TPSA) is 41.1 Å². The lowest BCUT2D eigenvalue weighted by Crippen LogP contribution is -2.33. The summed E-state index contributed by atoms with van der Waals surface area (Å²) in [5, 5.41) is 5.19. The molecule has 0 spiro atoms. The predicted octanol–water partition coefficient (Wildman–Crippen LogP) is 1.27. The van der Waals surface area contributed by atoms with Gasteiger partial charge in [-0.2, -0.15) is 0 Å². The van der Waals surface area contributed by atoms with E-state index in [0.717, 1.165) is 25.8 Å². The zero-order chi connectivity index (χ0) is 8.53. The number of unbranched alkanes of at least 4 members (excludes halogenated alkanes) is 2. The minimum atomic E-state index is -0.108. The number of nitrogens with one attached hydrogen (secondary N) is 2. The molecule has 0 heterocycles. The van der Waals surface area contributed by atoms with E-state index < -0.39 is 0 Å². The highest BCUT2D eigenvalue weighted by Gasteiger charge is 1.92. The Labute approximate surface area is 67.9 Å². The van der Waals surface area contributed by atoms with E-state index in [2.05, 4.69) is 17.2 Å². The first-order chi connectivity index (χ1) is 5.31. The molecule has 0 aliphatic rings. The molecule has 0 rings (SSSR count). The van der Waals surface area contributed by atoms with Crippen molar-refractivity contribution in [2.75, 3.05) is 13.6 Å². The SMILES string of the molecule is C=CCCCCNC(=O)NC. The van der Waals surface area contributed by atoms with Gasteiger partial charge in [0, 0.05) is 13.6 Å². The summed E-state index contributed by atoms with van der Waals surface area (Å²) in [5.41, 5.74) is 0. The summed E-state index contributed by atoms with van der Waals surface area (Å²) in [6, 6.07) is -0.108. The predicted molar refractivity (Wildman–Crippen MR) is 46.5 cm³/mol. The Bertz CT molecular complexity index is 123. The third-order valence-electron chi connectivity index (χ3n) is 1.35. The second-order valence-electron chi connectivity index (χ2n) is 2.29. The fourth-order valence-corrected chi connectivity index (χ4v) is 0.704. The van der Waals surface area contributed by atoms with Crippen LogP contribution in [0.4, 0.5) is 4.79 Å². The third kappa shape index (κ3) is 6.90. The van der Waals surface area contributed by atoms with Crippen molar-refractivity contribution in [3.8, 4) is 0 Å². The van der Waals surface area contributed by atoms with Crippen molar-refractivity contribution in [1.82, 2.24) is 10.6 Å². The van der Waals surface area contributed by atoms with E-state index in [1.54, 1.807) is 7.05 Å². The molecule has 0 radical (unpaired) electrons. The number of allylic oxidation sites excluding steroid dienone is 1. The number of hydrogen-bond acceptors (Lipinski definition) is 1. The lowest BCUT2D eigenvalue weighted by Gasteiger charge is -2.01. The van der Waals surface area contributed by atoms with E-state index in [4.69, 9.17) is 0 Å². The number of amides is 2. The molecule has 0 unspecified atom stereocenters. The summed E-state index contributed by atoms with van der Waals surface area (Å²) >= 11 is 0. The number of rotatable bonds is 5. The summed E-state index contributed by atoms with van der Waals surface area (Å²) in [5.74, 6) is 0. The van der Waals surface area contributed by atoms with Gasteiger partial charge >= 0.3 is 6.03 Å². The van der Waals surface area contributed by atoms with Crippen LogP contribution in [0.1, 0.15) is 19.3 Å². The summed E-state index contributed by atoms with van der Waals surface area (Å²) in [4.78, 5) is 10.6. The van der Waals surface area contributed by atoms with Crippen LogP contribution in [0, 0.1) is 0 Å². The minimum Gasteiger partial charge on any atom is -0.341 e. The highest BCUT2D eigenvalue weighted by atomic mass is 16.2. The molecule has 0 aromatic rings. The van der Waals surface area contributed by atoms with Crippen LogP contribution in [-0.4, -0.2) is 19.6 Å². The molecule has 2 N–H and O–H groups in total. The third-order valence-corrected chi connectivity index (χ3v) is 1.35. The number of carbonyl (C=O) groups excluding carboxylic acids is 1. The van der Waals surface area contributed by atoms with Crippen LogP contribution in [0.3, 0.4) is 0 Å². The average Bonchev–Trinajstić information content (AvgIpc) is 2.04. The standard InChI is InChI=1S/C8H16N2O/c1-3-4-5-6-7-10-8(11)9-2/h3H,1,4-7H2,2H3,(H2,9,10,11). The molecule has 0 aromatic carbocycles. The summed E-state index contributed by atoms with van der Waals surface area (Å²) in [6.45, 7) is 4.35. The minimum absolute atomic E-state index is 0.108. The van der Waals surface area contributed by atoms with Gasteiger partial charge in [-0.05, 0) is 19.3 Å². The van der Waals surface area contributed by atoms with Crippen LogP contribution in [-0.2, 0) is 0 Å². The molecule has 0 atom stereocenters. The van der Waals surface area contributed by atoms with Crippen LogP contribution in [0.5, 0.6) is 0 Å². The molecular weight excluding hydrogens is 140 g/mol. The fourth-order valence-electron chi connectivity index (χ4n) is 0.704. The summed E-state index contributed by atoms with van der Waals surface area (Å²) in [7, 11) is 1.61. The van der Waals surface area contributed by atoms with Gasteiger partial charge in [-0.3, -0.25) is 0 Å². The largest absolute Gasteiger partial charge is 0.341 e. The number of urea groups is 1. The van der Waals surface area contributed by atoms with Crippen molar-refractivity contribution in [3.63, 3.8) is 0 Å². The maximum Gasteiger partial charge on any atom is 0.314 e. The van der Waals surface area contributed by atoms with Crippen LogP contribution in [0.2, 0.25) is 0 Å². The summed E-state index contributed by atoms with van der Waals surface area (Å²) in [6.07, 6.45) is 5.02. The van der Waals surface area contributed by atoms with Crippen LogP contribution in [0.15, 0.2) is 12.7 Å². The first-order valence-corrected chi connectivity index (χ1v) is 3.87. The maximum absolute atomic E-state index is 10.6. The highest BCUT2D eigenvalue weighted by molar-refractivity contribution is 5.73. The van der Waals surface area contributed by atoms with Crippen molar-refractivity contribution in [3.05, 3.63) is 12.7 Å². The Morgan fingerprint density at radius 2 is 2.27 bits per heavy atom. The Morgan fingerprint density at radius 3 is 2.82 bits per heavy atom. The van der Waals surface area contributed by atoms with Gasteiger partial charge in [-0.25, -0.2) is 4.79 Å². The molecule has 11 heavy (non-hydrogen) atoms. The van der Waals surface area contributed by atoms with Gasteiger partial charge in [0.05, 0.1) is 0 Å². The van der Waals surface area contributed by atoms with Crippen molar-refractivity contribution in [2.24, 2.45) is 0 Å². The molecule has 64 valence electrons. The highest BCUT2D eigenvalue weighted by Crippen LogP contribution is 1.92. The lowest BCUT2D eigenvalue weighted by molar-refractivity contribution is 0.242. The lowest BCUT2D eigenvalue weighted by atomic mass is 10.2. The van der Waals surface area contributed by atoms with Crippen LogP contribution < -0.4 is 10.6 Å². The van der Waals surface area contributed by atoms with Gasteiger partial charge in [0.2, 0.25) is 0 Å².